The van der Waals surface area contributed by atoms with Crippen LogP contribution < -0.4 is 10.6 Å². The predicted molar refractivity (Wildman–Crippen MR) is 131 cm³/mol. The molecule has 0 radical (unpaired) electrons. The van der Waals surface area contributed by atoms with Crippen LogP contribution in [0.4, 0.5) is 9.93 Å². The Hall–Kier alpha value is -2.69. The zero-order chi connectivity index (χ0) is 25.2. The van der Waals surface area contributed by atoms with Crippen LogP contribution in [0, 0.1) is 16.7 Å². The lowest BCUT2D eigenvalue weighted by molar-refractivity contribution is -0.144. The van der Waals surface area contributed by atoms with E-state index in [1.807, 2.05) is 6.92 Å². The number of nitrogens with one attached hydrogen (secondary N) is 2. The molecule has 4 rings (SSSR count). The quantitative estimate of drug-likeness (QED) is 0.405. The molecular formula is C25H33N3O6S. The number of amides is 2. The number of hydrogen-bond donors (Lipinski definition) is 4. The molecule has 2 amide bonds. The van der Waals surface area contributed by atoms with E-state index >= 15 is 0 Å². The van der Waals surface area contributed by atoms with Crippen LogP contribution in [0.2, 0.25) is 0 Å². The van der Waals surface area contributed by atoms with E-state index in [2.05, 4.69) is 24.1 Å². The van der Waals surface area contributed by atoms with E-state index in [9.17, 15) is 19.8 Å². The van der Waals surface area contributed by atoms with Gasteiger partial charge in [0.2, 0.25) is 5.91 Å². The summed E-state index contributed by atoms with van der Waals surface area (Å²) in [6, 6.07) is 3.57. The zero-order valence-corrected chi connectivity index (χ0v) is 20.9. The third-order valence-corrected chi connectivity index (χ3v) is 8.87. The standard InChI is InChI=1S/C25H33N3O6S/c1-4-9-34-23(32)28-22-27-21-16(11-20(31)26-13-15-6-5-10-33-15)24(2)8-7-19(30)25(3,14-29)18(24)12-17(21)35-22/h4-6,10,16,18-19,29-30H,1,7-9,11-14H2,2-3H3,(H,26,31)(H,27,28,32)/t16-,18+,19-,24+,25+/m1/s1. The number of fused-ring (bicyclic) bond motifs is 2. The van der Waals surface area contributed by atoms with Gasteiger partial charge in [0.15, 0.2) is 5.13 Å². The van der Waals surface area contributed by atoms with Gasteiger partial charge in [-0.1, -0.05) is 26.5 Å². The number of carbonyl (C=O) groups excluding carboxylic acids is 2. The van der Waals surface area contributed by atoms with Crippen molar-refractivity contribution in [2.45, 2.75) is 58.1 Å². The second-order valence-corrected chi connectivity index (χ2v) is 11.0. The zero-order valence-electron chi connectivity index (χ0n) is 20.1. The number of aliphatic hydroxyl groups excluding tert-OH is 2. The average molecular weight is 504 g/mol. The first-order valence-corrected chi connectivity index (χ1v) is 12.6. The summed E-state index contributed by atoms with van der Waals surface area (Å²) < 4.78 is 10.3. The molecule has 0 bridgehead atoms. The number of thiazole rings is 1. The molecular weight excluding hydrogens is 470 g/mol. The van der Waals surface area contributed by atoms with E-state index in [1.54, 1.807) is 18.4 Å². The monoisotopic (exact) mass is 503 g/mol. The summed E-state index contributed by atoms with van der Waals surface area (Å²) in [6.45, 7) is 7.81. The highest BCUT2D eigenvalue weighted by Crippen LogP contribution is 2.62. The van der Waals surface area contributed by atoms with Gasteiger partial charge in [0, 0.05) is 22.6 Å². The molecule has 0 aliphatic heterocycles. The Morgan fingerprint density at radius 3 is 2.91 bits per heavy atom. The number of nitrogens with zero attached hydrogens (tertiary/aromatic N) is 1. The van der Waals surface area contributed by atoms with E-state index in [4.69, 9.17) is 14.1 Å². The second-order valence-electron chi connectivity index (χ2n) is 9.93. The van der Waals surface area contributed by atoms with Crippen molar-refractivity contribution in [3.8, 4) is 0 Å². The van der Waals surface area contributed by atoms with Gasteiger partial charge in [0.1, 0.15) is 12.4 Å². The first-order chi connectivity index (χ1) is 16.7. The lowest BCUT2D eigenvalue weighted by Gasteiger charge is -2.58. The molecule has 2 aliphatic carbocycles. The third-order valence-electron chi connectivity index (χ3n) is 7.86. The highest BCUT2D eigenvalue weighted by atomic mass is 32.1. The van der Waals surface area contributed by atoms with Gasteiger partial charge in [-0.15, -0.1) is 11.3 Å². The SMILES string of the molecule is C=CCOC(=O)Nc1nc2c(s1)C[C@@H]1[C@](C)(CO)[C@H](O)CC[C@@]1(C)[C@@H]2CC(=O)NCc1ccco1. The van der Waals surface area contributed by atoms with Crippen LogP contribution in [0.1, 0.15) is 55.4 Å². The Morgan fingerprint density at radius 2 is 2.23 bits per heavy atom. The number of furan rings is 1. The molecule has 0 spiro atoms. The minimum absolute atomic E-state index is 0.0693. The van der Waals surface area contributed by atoms with Crippen molar-refractivity contribution in [2.75, 3.05) is 18.5 Å². The summed E-state index contributed by atoms with van der Waals surface area (Å²) in [4.78, 5) is 30.8. The topological polar surface area (TPSA) is 134 Å². The predicted octanol–water partition coefficient (Wildman–Crippen LogP) is 3.59. The molecule has 2 aromatic rings. The van der Waals surface area contributed by atoms with Crippen LogP contribution in [0.5, 0.6) is 0 Å². The van der Waals surface area contributed by atoms with E-state index in [0.717, 1.165) is 10.6 Å². The Kier molecular flexibility index (Phi) is 7.35. The maximum absolute atomic E-state index is 13.1. The lowest BCUT2D eigenvalue weighted by Crippen LogP contribution is -2.57. The number of rotatable bonds is 8. The number of carbonyl (C=O) groups is 2. The molecule has 0 unspecified atom stereocenters. The van der Waals surface area contributed by atoms with Crippen molar-refractivity contribution in [3.05, 3.63) is 47.4 Å². The smallest absolute Gasteiger partial charge is 0.413 e. The Labute approximate surface area is 208 Å². The summed E-state index contributed by atoms with van der Waals surface area (Å²) in [5.41, 5.74) is -0.299. The lowest BCUT2D eigenvalue weighted by atomic mass is 9.47. The summed E-state index contributed by atoms with van der Waals surface area (Å²) >= 11 is 1.35. The summed E-state index contributed by atoms with van der Waals surface area (Å²) in [5, 5.41) is 27.2. The van der Waals surface area contributed by atoms with E-state index in [0.29, 0.717) is 30.2 Å². The first kappa shape index (κ1) is 25.4. The fourth-order valence-electron chi connectivity index (χ4n) is 5.81. The number of hydrogen-bond acceptors (Lipinski definition) is 8. The Morgan fingerprint density at radius 1 is 1.43 bits per heavy atom. The van der Waals surface area contributed by atoms with Crippen molar-refractivity contribution >= 4 is 28.5 Å². The van der Waals surface area contributed by atoms with Crippen LogP contribution in [-0.2, 0) is 22.5 Å². The maximum atomic E-state index is 13.1. The number of ether oxygens (including phenoxy) is 1. The van der Waals surface area contributed by atoms with E-state index in [-0.39, 0.29) is 49.3 Å². The minimum atomic E-state index is -0.714. The molecule has 4 N–H and O–H groups in total. The normalized spacial score (nSPS) is 29.5. The molecule has 9 nitrogen and oxygen atoms in total. The fourth-order valence-corrected chi connectivity index (χ4v) is 6.87. The average Bonchev–Trinajstić information content (AvgIpc) is 3.50. The molecule has 2 aliphatic rings. The van der Waals surface area contributed by atoms with Crippen LogP contribution in [-0.4, -0.2) is 46.5 Å². The molecule has 1 saturated carbocycles. The fraction of sp³-hybridized carbons (Fsp3) is 0.560. The molecule has 0 aromatic carbocycles. The molecule has 0 saturated heterocycles. The number of aliphatic hydroxyl groups is 2. The molecule has 1 fully saturated rings. The molecule has 5 atom stereocenters. The highest BCUT2D eigenvalue weighted by Gasteiger charge is 2.59. The first-order valence-electron chi connectivity index (χ1n) is 11.8. The Bertz CT molecular complexity index is 1070. The molecule has 35 heavy (non-hydrogen) atoms. The van der Waals surface area contributed by atoms with E-state index < -0.39 is 17.6 Å². The largest absolute Gasteiger partial charge is 0.467 e. The van der Waals surface area contributed by atoms with Crippen LogP contribution in [0.15, 0.2) is 35.5 Å². The van der Waals surface area contributed by atoms with Gasteiger partial charge in [0.25, 0.3) is 0 Å². The van der Waals surface area contributed by atoms with Crippen molar-refractivity contribution in [3.63, 3.8) is 0 Å². The summed E-state index contributed by atoms with van der Waals surface area (Å²) in [5.74, 6) is 0.213. The van der Waals surface area contributed by atoms with Crippen molar-refractivity contribution < 1.29 is 29.0 Å². The van der Waals surface area contributed by atoms with Crippen LogP contribution in [0.25, 0.3) is 0 Å². The summed E-state index contributed by atoms with van der Waals surface area (Å²) in [7, 11) is 0. The molecule has 2 heterocycles. The number of aromatic nitrogens is 1. The van der Waals surface area contributed by atoms with Gasteiger partial charge in [-0.3, -0.25) is 10.1 Å². The maximum Gasteiger partial charge on any atom is 0.413 e. The van der Waals surface area contributed by atoms with Gasteiger partial charge in [-0.2, -0.15) is 0 Å². The van der Waals surface area contributed by atoms with Crippen molar-refractivity contribution in [2.24, 2.45) is 16.7 Å². The van der Waals surface area contributed by atoms with Crippen LogP contribution >= 0.6 is 11.3 Å². The van der Waals surface area contributed by atoms with Crippen LogP contribution in [0.3, 0.4) is 0 Å². The second kappa shape index (κ2) is 10.1. The highest BCUT2D eigenvalue weighted by molar-refractivity contribution is 7.15. The van der Waals surface area contributed by atoms with Gasteiger partial charge in [0.05, 0.1) is 31.2 Å². The number of anilines is 1. The van der Waals surface area contributed by atoms with Gasteiger partial charge in [-0.25, -0.2) is 9.78 Å². The molecule has 2 aromatic heterocycles. The Balaban J connectivity index is 1.64. The van der Waals surface area contributed by atoms with Gasteiger partial charge in [-0.05, 0) is 42.7 Å². The minimum Gasteiger partial charge on any atom is -0.467 e. The van der Waals surface area contributed by atoms with Gasteiger partial charge >= 0.3 is 6.09 Å². The van der Waals surface area contributed by atoms with Crippen molar-refractivity contribution in [1.29, 1.82) is 0 Å². The molecule has 190 valence electrons. The summed E-state index contributed by atoms with van der Waals surface area (Å²) in [6.07, 6.45) is 3.82. The van der Waals surface area contributed by atoms with E-state index in [1.165, 1.54) is 17.4 Å². The van der Waals surface area contributed by atoms with Gasteiger partial charge < -0.3 is 24.7 Å². The van der Waals surface area contributed by atoms with Crippen molar-refractivity contribution in [1.82, 2.24) is 10.3 Å². The molecule has 10 heteroatoms. The third kappa shape index (κ3) is 4.87.